The zero-order chi connectivity index (χ0) is 18.4. The molecule has 2 aromatic carbocycles. The second-order valence-corrected chi connectivity index (χ2v) is 7.50. The second kappa shape index (κ2) is 8.99. The number of rotatable bonds is 7. The van der Waals surface area contributed by atoms with E-state index in [0.29, 0.717) is 5.02 Å². The summed E-state index contributed by atoms with van der Waals surface area (Å²) in [6.45, 7) is 2.21. The highest BCUT2D eigenvalue weighted by atomic mass is 35.5. The molecule has 26 heavy (non-hydrogen) atoms. The summed E-state index contributed by atoms with van der Waals surface area (Å²) in [6, 6.07) is 21.8. The number of carbonyl (C=O) groups is 1. The maximum Gasteiger partial charge on any atom is 0.234 e. The maximum absolute atomic E-state index is 12.4. The first-order chi connectivity index (χ1) is 12.6. The molecule has 0 unspecified atom stereocenters. The smallest absolute Gasteiger partial charge is 0.234 e. The van der Waals surface area contributed by atoms with E-state index >= 15 is 0 Å². The van der Waals surface area contributed by atoms with Crippen molar-refractivity contribution in [3.05, 3.63) is 93.1 Å². The van der Waals surface area contributed by atoms with Crippen LogP contribution < -0.4 is 10.6 Å². The highest BCUT2D eigenvalue weighted by molar-refractivity contribution is 7.10. The second-order valence-electron chi connectivity index (χ2n) is 6.08. The normalized spacial score (nSPS) is 13.2. The number of thiophene rings is 1. The van der Waals surface area contributed by atoms with Crippen molar-refractivity contribution in [2.75, 3.05) is 6.54 Å². The Labute approximate surface area is 163 Å². The number of benzene rings is 2. The van der Waals surface area contributed by atoms with E-state index in [1.807, 2.05) is 55.5 Å². The van der Waals surface area contributed by atoms with E-state index < -0.39 is 0 Å². The van der Waals surface area contributed by atoms with Gasteiger partial charge in [0.1, 0.15) is 0 Å². The first kappa shape index (κ1) is 18.6. The lowest BCUT2D eigenvalue weighted by atomic mass is 10.1. The zero-order valence-electron chi connectivity index (χ0n) is 14.5. The Morgan fingerprint density at radius 3 is 2.38 bits per heavy atom. The van der Waals surface area contributed by atoms with Crippen LogP contribution in [0.4, 0.5) is 0 Å². The molecule has 1 heterocycles. The molecule has 0 radical (unpaired) electrons. The van der Waals surface area contributed by atoms with Gasteiger partial charge in [0.2, 0.25) is 5.91 Å². The Balaban J connectivity index is 1.62. The van der Waals surface area contributed by atoms with Gasteiger partial charge in [0.15, 0.2) is 0 Å². The van der Waals surface area contributed by atoms with Gasteiger partial charge in [0, 0.05) is 9.90 Å². The van der Waals surface area contributed by atoms with Gasteiger partial charge in [0.05, 0.1) is 18.6 Å². The van der Waals surface area contributed by atoms with Gasteiger partial charge in [-0.2, -0.15) is 0 Å². The zero-order valence-corrected chi connectivity index (χ0v) is 16.1. The number of nitrogens with one attached hydrogen (secondary N) is 2. The number of carbonyl (C=O) groups excluding carboxylic acids is 1. The molecule has 0 aliphatic heterocycles. The third-order valence-corrected chi connectivity index (χ3v) is 5.36. The molecule has 0 fully saturated rings. The number of hydrogen-bond acceptors (Lipinski definition) is 3. The lowest BCUT2D eigenvalue weighted by molar-refractivity contribution is -0.121. The average Bonchev–Trinajstić information content (AvgIpc) is 3.17. The summed E-state index contributed by atoms with van der Waals surface area (Å²) >= 11 is 7.60. The highest BCUT2D eigenvalue weighted by Crippen LogP contribution is 2.25. The Morgan fingerprint density at radius 1 is 1.00 bits per heavy atom. The molecule has 3 aromatic rings. The SMILES string of the molecule is C[C@H](NC(=O)CN[C@@H](c1ccccc1)c1cccs1)c1ccc(Cl)cc1. The minimum absolute atomic E-state index is 0.00721. The molecule has 0 bridgehead atoms. The molecule has 2 atom stereocenters. The molecule has 134 valence electrons. The molecule has 0 spiro atoms. The number of halogens is 1. The number of amides is 1. The van der Waals surface area contributed by atoms with Gasteiger partial charge in [-0.1, -0.05) is 60.1 Å². The lowest BCUT2D eigenvalue weighted by Gasteiger charge is -2.19. The van der Waals surface area contributed by atoms with E-state index in [2.05, 4.69) is 34.2 Å². The van der Waals surface area contributed by atoms with E-state index in [4.69, 9.17) is 11.6 Å². The van der Waals surface area contributed by atoms with Crippen molar-refractivity contribution in [2.45, 2.75) is 19.0 Å². The fourth-order valence-corrected chi connectivity index (χ4v) is 3.76. The summed E-state index contributed by atoms with van der Waals surface area (Å²) in [4.78, 5) is 13.6. The predicted octanol–water partition coefficient (Wildman–Crippen LogP) is 4.96. The molecular formula is C21H21ClN2OS. The van der Waals surface area contributed by atoms with Crippen LogP contribution >= 0.6 is 22.9 Å². The Hall–Kier alpha value is -2.14. The molecule has 3 nitrogen and oxygen atoms in total. The molecule has 5 heteroatoms. The van der Waals surface area contributed by atoms with E-state index in [1.165, 1.54) is 4.88 Å². The van der Waals surface area contributed by atoms with Crippen LogP contribution in [0, 0.1) is 0 Å². The molecule has 0 aliphatic rings. The van der Waals surface area contributed by atoms with Crippen LogP contribution in [-0.4, -0.2) is 12.5 Å². The van der Waals surface area contributed by atoms with Gasteiger partial charge in [-0.25, -0.2) is 0 Å². The average molecular weight is 385 g/mol. The van der Waals surface area contributed by atoms with E-state index in [-0.39, 0.29) is 24.5 Å². The fourth-order valence-electron chi connectivity index (χ4n) is 2.81. The van der Waals surface area contributed by atoms with Crippen molar-refractivity contribution in [3.8, 4) is 0 Å². The largest absolute Gasteiger partial charge is 0.348 e. The molecule has 1 amide bonds. The van der Waals surface area contributed by atoms with Gasteiger partial charge in [-0.15, -0.1) is 11.3 Å². The summed E-state index contributed by atoms with van der Waals surface area (Å²) in [7, 11) is 0. The van der Waals surface area contributed by atoms with E-state index in [0.717, 1.165) is 11.1 Å². The summed E-state index contributed by atoms with van der Waals surface area (Å²) in [5.41, 5.74) is 2.18. The van der Waals surface area contributed by atoms with Crippen LogP contribution in [0.2, 0.25) is 5.02 Å². The van der Waals surface area contributed by atoms with Crippen molar-refractivity contribution in [1.82, 2.24) is 10.6 Å². The Bertz CT molecular complexity index is 819. The molecule has 1 aromatic heterocycles. The highest BCUT2D eigenvalue weighted by Gasteiger charge is 2.17. The van der Waals surface area contributed by atoms with Crippen LogP contribution in [-0.2, 0) is 4.79 Å². The Kier molecular flexibility index (Phi) is 6.45. The van der Waals surface area contributed by atoms with E-state index in [1.54, 1.807) is 11.3 Å². The third kappa shape index (κ3) is 4.94. The topological polar surface area (TPSA) is 41.1 Å². The minimum atomic E-state index is -0.0709. The lowest BCUT2D eigenvalue weighted by Crippen LogP contribution is -2.37. The van der Waals surface area contributed by atoms with Crippen LogP contribution in [0.25, 0.3) is 0 Å². The molecule has 3 rings (SSSR count). The van der Waals surface area contributed by atoms with Gasteiger partial charge >= 0.3 is 0 Å². The standard InChI is InChI=1S/C21H21ClN2OS/c1-15(16-9-11-18(22)12-10-16)24-20(25)14-23-21(19-8-5-13-26-19)17-6-3-2-4-7-17/h2-13,15,21,23H,14H2,1H3,(H,24,25)/t15-,21-/m0/s1. The molecule has 0 saturated heterocycles. The summed E-state index contributed by atoms with van der Waals surface area (Å²) in [5.74, 6) is -0.0371. The first-order valence-electron chi connectivity index (χ1n) is 8.50. The minimum Gasteiger partial charge on any atom is -0.348 e. The van der Waals surface area contributed by atoms with E-state index in [9.17, 15) is 4.79 Å². The fraction of sp³-hybridized carbons (Fsp3) is 0.190. The van der Waals surface area contributed by atoms with Crippen molar-refractivity contribution >= 4 is 28.8 Å². The molecular weight excluding hydrogens is 364 g/mol. The summed E-state index contributed by atoms with van der Waals surface area (Å²) < 4.78 is 0. The van der Waals surface area contributed by atoms with Gasteiger partial charge in [-0.05, 0) is 41.6 Å². The number of hydrogen-bond donors (Lipinski definition) is 2. The van der Waals surface area contributed by atoms with Gasteiger partial charge in [0.25, 0.3) is 0 Å². The van der Waals surface area contributed by atoms with Crippen LogP contribution in [0.5, 0.6) is 0 Å². The van der Waals surface area contributed by atoms with Crippen molar-refractivity contribution < 1.29 is 4.79 Å². The van der Waals surface area contributed by atoms with Crippen LogP contribution in [0.1, 0.15) is 35.0 Å². The third-order valence-electron chi connectivity index (χ3n) is 4.17. The molecule has 0 aliphatic carbocycles. The quantitative estimate of drug-likeness (QED) is 0.604. The maximum atomic E-state index is 12.4. The Morgan fingerprint density at radius 2 is 1.73 bits per heavy atom. The monoisotopic (exact) mass is 384 g/mol. The van der Waals surface area contributed by atoms with Crippen molar-refractivity contribution in [3.63, 3.8) is 0 Å². The van der Waals surface area contributed by atoms with Crippen molar-refractivity contribution in [2.24, 2.45) is 0 Å². The first-order valence-corrected chi connectivity index (χ1v) is 9.76. The molecule has 0 saturated carbocycles. The molecule has 2 N–H and O–H groups in total. The predicted molar refractivity (Wildman–Crippen MR) is 109 cm³/mol. The van der Waals surface area contributed by atoms with Gasteiger partial charge < -0.3 is 5.32 Å². The summed E-state index contributed by atoms with van der Waals surface area (Å²) in [6.07, 6.45) is 0. The van der Waals surface area contributed by atoms with Crippen LogP contribution in [0.3, 0.4) is 0 Å². The summed E-state index contributed by atoms with van der Waals surface area (Å²) in [5, 5.41) is 9.15. The van der Waals surface area contributed by atoms with Crippen LogP contribution in [0.15, 0.2) is 72.1 Å². The van der Waals surface area contributed by atoms with Crippen molar-refractivity contribution in [1.29, 1.82) is 0 Å². The van der Waals surface area contributed by atoms with Gasteiger partial charge in [-0.3, -0.25) is 10.1 Å².